The van der Waals surface area contributed by atoms with E-state index in [9.17, 15) is 0 Å². The van der Waals surface area contributed by atoms with E-state index in [2.05, 4.69) is 30.7 Å². The summed E-state index contributed by atoms with van der Waals surface area (Å²) in [7, 11) is 0. The standard InChI is InChI=1S/C11H16N2S/c1-7-8-5-11(2,3)6-9(8)13-10(12-7)14-4/h5-6H2,1-4H3. The van der Waals surface area contributed by atoms with Crippen molar-refractivity contribution in [2.75, 3.05) is 6.26 Å². The van der Waals surface area contributed by atoms with Gasteiger partial charge in [-0.1, -0.05) is 25.6 Å². The molecule has 0 amide bonds. The molecule has 0 saturated heterocycles. The van der Waals surface area contributed by atoms with Gasteiger partial charge in [0, 0.05) is 11.4 Å². The van der Waals surface area contributed by atoms with E-state index in [-0.39, 0.29) is 0 Å². The Morgan fingerprint density at radius 1 is 1.21 bits per heavy atom. The van der Waals surface area contributed by atoms with Crippen molar-refractivity contribution < 1.29 is 0 Å². The lowest BCUT2D eigenvalue weighted by atomic mass is 9.90. The van der Waals surface area contributed by atoms with Crippen molar-refractivity contribution in [2.24, 2.45) is 5.41 Å². The predicted octanol–water partition coefficient (Wildman–Crippen LogP) is 2.63. The molecule has 0 spiro atoms. The summed E-state index contributed by atoms with van der Waals surface area (Å²) >= 11 is 1.63. The van der Waals surface area contributed by atoms with Gasteiger partial charge in [0.2, 0.25) is 0 Å². The van der Waals surface area contributed by atoms with Crippen molar-refractivity contribution in [1.29, 1.82) is 0 Å². The summed E-state index contributed by atoms with van der Waals surface area (Å²) in [6.45, 7) is 6.70. The second-order valence-electron chi connectivity index (χ2n) is 4.74. The SMILES string of the molecule is CSc1nc(C)c2c(n1)CC(C)(C)C2. The molecular weight excluding hydrogens is 192 g/mol. The van der Waals surface area contributed by atoms with E-state index in [1.54, 1.807) is 11.8 Å². The van der Waals surface area contributed by atoms with E-state index < -0.39 is 0 Å². The molecule has 0 N–H and O–H groups in total. The van der Waals surface area contributed by atoms with Crippen LogP contribution in [-0.4, -0.2) is 16.2 Å². The molecule has 14 heavy (non-hydrogen) atoms. The third kappa shape index (κ3) is 1.65. The first-order chi connectivity index (χ1) is 6.52. The van der Waals surface area contributed by atoms with E-state index in [1.807, 2.05) is 6.26 Å². The van der Waals surface area contributed by atoms with Crippen molar-refractivity contribution in [3.05, 3.63) is 17.0 Å². The zero-order valence-corrected chi connectivity index (χ0v) is 10.0. The summed E-state index contributed by atoms with van der Waals surface area (Å²) in [4.78, 5) is 9.06. The molecule has 3 heteroatoms. The Kier molecular flexibility index (Phi) is 2.30. The molecule has 0 unspecified atom stereocenters. The summed E-state index contributed by atoms with van der Waals surface area (Å²) < 4.78 is 0. The van der Waals surface area contributed by atoms with Crippen LogP contribution in [0.1, 0.15) is 30.8 Å². The van der Waals surface area contributed by atoms with Crippen LogP contribution in [0, 0.1) is 12.3 Å². The smallest absolute Gasteiger partial charge is 0.187 e. The van der Waals surface area contributed by atoms with Gasteiger partial charge in [-0.3, -0.25) is 0 Å². The summed E-state index contributed by atoms with van der Waals surface area (Å²) in [5.41, 5.74) is 4.20. The van der Waals surface area contributed by atoms with Crippen LogP contribution >= 0.6 is 11.8 Å². The average Bonchev–Trinajstić information content (AvgIpc) is 2.40. The van der Waals surface area contributed by atoms with Crippen LogP contribution in [0.2, 0.25) is 0 Å². The van der Waals surface area contributed by atoms with Crippen LogP contribution in [0.25, 0.3) is 0 Å². The number of thioether (sulfide) groups is 1. The van der Waals surface area contributed by atoms with Crippen LogP contribution < -0.4 is 0 Å². The molecule has 1 aromatic heterocycles. The van der Waals surface area contributed by atoms with Crippen LogP contribution in [0.15, 0.2) is 5.16 Å². The predicted molar refractivity (Wildman–Crippen MR) is 59.7 cm³/mol. The molecule has 0 aliphatic heterocycles. The van der Waals surface area contributed by atoms with E-state index in [0.717, 1.165) is 18.0 Å². The lowest BCUT2D eigenvalue weighted by Gasteiger charge is -2.14. The van der Waals surface area contributed by atoms with Gasteiger partial charge in [0.05, 0.1) is 0 Å². The highest BCUT2D eigenvalue weighted by atomic mass is 32.2. The topological polar surface area (TPSA) is 25.8 Å². The maximum absolute atomic E-state index is 4.58. The van der Waals surface area contributed by atoms with Gasteiger partial charge in [0.25, 0.3) is 0 Å². The van der Waals surface area contributed by atoms with Crippen LogP contribution in [0.3, 0.4) is 0 Å². The first kappa shape index (κ1) is 9.97. The molecular formula is C11H16N2S. The van der Waals surface area contributed by atoms with Crippen molar-refractivity contribution in [1.82, 2.24) is 9.97 Å². The monoisotopic (exact) mass is 208 g/mol. The van der Waals surface area contributed by atoms with E-state index in [0.29, 0.717) is 5.41 Å². The highest BCUT2D eigenvalue weighted by Crippen LogP contribution is 2.36. The molecule has 0 fully saturated rings. The molecule has 0 radical (unpaired) electrons. The summed E-state index contributed by atoms with van der Waals surface area (Å²) in [6, 6.07) is 0. The zero-order chi connectivity index (χ0) is 10.3. The van der Waals surface area contributed by atoms with Gasteiger partial charge in [0.1, 0.15) is 0 Å². The minimum atomic E-state index is 0.374. The first-order valence-electron chi connectivity index (χ1n) is 4.92. The Morgan fingerprint density at radius 3 is 2.57 bits per heavy atom. The zero-order valence-electron chi connectivity index (χ0n) is 9.22. The molecule has 76 valence electrons. The van der Waals surface area contributed by atoms with Crippen LogP contribution in [0.4, 0.5) is 0 Å². The van der Waals surface area contributed by atoms with Gasteiger partial charge in [-0.25, -0.2) is 9.97 Å². The maximum Gasteiger partial charge on any atom is 0.187 e. The van der Waals surface area contributed by atoms with Crippen molar-refractivity contribution in [3.8, 4) is 0 Å². The van der Waals surface area contributed by atoms with Gasteiger partial charge in [-0.2, -0.15) is 0 Å². The first-order valence-corrected chi connectivity index (χ1v) is 6.15. The number of hydrogen-bond donors (Lipinski definition) is 0. The quantitative estimate of drug-likeness (QED) is 0.524. The van der Waals surface area contributed by atoms with Gasteiger partial charge < -0.3 is 0 Å². The van der Waals surface area contributed by atoms with E-state index in [1.165, 1.54) is 17.0 Å². The fraction of sp³-hybridized carbons (Fsp3) is 0.636. The Labute approximate surface area is 89.5 Å². The lowest BCUT2D eigenvalue weighted by molar-refractivity contribution is 0.390. The van der Waals surface area contributed by atoms with Crippen molar-refractivity contribution in [3.63, 3.8) is 0 Å². The van der Waals surface area contributed by atoms with Gasteiger partial charge in [-0.15, -0.1) is 0 Å². The highest BCUT2D eigenvalue weighted by Gasteiger charge is 2.31. The normalized spacial score (nSPS) is 18.3. The van der Waals surface area contributed by atoms with Crippen LogP contribution in [0.5, 0.6) is 0 Å². The molecule has 2 rings (SSSR count). The van der Waals surface area contributed by atoms with Gasteiger partial charge in [-0.05, 0) is 37.0 Å². The number of aromatic nitrogens is 2. The maximum atomic E-state index is 4.58. The Hall–Kier alpha value is -0.570. The van der Waals surface area contributed by atoms with E-state index >= 15 is 0 Å². The van der Waals surface area contributed by atoms with Gasteiger partial charge >= 0.3 is 0 Å². The minimum Gasteiger partial charge on any atom is -0.228 e. The molecule has 1 aromatic rings. The summed E-state index contributed by atoms with van der Waals surface area (Å²) in [5.74, 6) is 0. The fourth-order valence-corrected chi connectivity index (χ4v) is 2.52. The Bertz CT molecular complexity index is 372. The molecule has 2 nitrogen and oxygen atoms in total. The molecule has 0 aromatic carbocycles. The molecule has 1 heterocycles. The average molecular weight is 208 g/mol. The molecule has 0 bridgehead atoms. The lowest BCUT2D eigenvalue weighted by Crippen LogP contribution is -2.09. The number of aryl methyl sites for hydroxylation is 1. The number of hydrogen-bond acceptors (Lipinski definition) is 3. The van der Waals surface area contributed by atoms with E-state index in [4.69, 9.17) is 0 Å². The second-order valence-corrected chi connectivity index (χ2v) is 5.51. The molecule has 0 atom stereocenters. The second kappa shape index (κ2) is 3.23. The summed E-state index contributed by atoms with van der Waals surface area (Å²) in [5, 5.41) is 0.916. The molecule has 0 saturated carbocycles. The third-order valence-corrected chi connectivity index (χ3v) is 3.31. The summed E-state index contributed by atoms with van der Waals surface area (Å²) in [6.07, 6.45) is 4.25. The Balaban J connectivity index is 2.47. The number of rotatable bonds is 1. The largest absolute Gasteiger partial charge is 0.228 e. The van der Waals surface area contributed by atoms with Crippen molar-refractivity contribution >= 4 is 11.8 Å². The Morgan fingerprint density at radius 2 is 1.93 bits per heavy atom. The fourth-order valence-electron chi connectivity index (χ4n) is 2.09. The van der Waals surface area contributed by atoms with Crippen LogP contribution in [-0.2, 0) is 12.8 Å². The highest BCUT2D eigenvalue weighted by molar-refractivity contribution is 7.98. The minimum absolute atomic E-state index is 0.374. The van der Waals surface area contributed by atoms with Gasteiger partial charge in [0.15, 0.2) is 5.16 Å². The number of fused-ring (bicyclic) bond motifs is 1. The number of nitrogens with zero attached hydrogens (tertiary/aromatic N) is 2. The third-order valence-electron chi connectivity index (χ3n) is 2.76. The molecule has 1 aliphatic rings. The van der Waals surface area contributed by atoms with Crippen molar-refractivity contribution in [2.45, 2.75) is 38.8 Å². The molecule has 1 aliphatic carbocycles.